The Morgan fingerprint density at radius 2 is 1.94 bits per heavy atom. The number of benzene rings is 2. The van der Waals surface area contributed by atoms with Gasteiger partial charge in [-0.2, -0.15) is 0 Å². The molecule has 1 N–H and O–H groups in total. The lowest BCUT2D eigenvalue weighted by Crippen LogP contribution is -2.02. The average molecular weight is 362 g/mol. The predicted molar refractivity (Wildman–Crippen MR) is 77.9 cm³/mol. The summed E-state index contributed by atoms with van der Waals surface area (Å²) in [6.07, 6.45) is 0. The molecule has 2 aromatic rings. The van der Waals surface area contributed by atoms with E-state index in [-0.39, 0.29) is 5.82 Å². The van der Waals surface area contributed by atoms with Gasteiger partial charge in [0.15, 0.2) is 0 Å². The first-order chi connectivity index (χ1) is 8.16. The molecule has 0 aliphatic rings. The summed E-state index contributed by atoms with van der Waals surface area (Å²) in [7, 11) is 0. The SMILES string of the molecule is Fc1ccccc1CNc1cc(I)ccc1Cl. The van der Waals surface area contributed by atoms with E-state index < -0.39 is 0 Å². The Hall–Kier alpha value is -0.810. The Labute approximate surface area is 118 Å². The number of halogens is 3. The molecule has 17 heavy (non-hydrogen) atoms. The number of hydrogen-bond acceptors (Lipinski definition) is 1. The van der Waals surface area contributed by atoms with Crippen molar-refractivity contribution in [2.24, 2.45) is 0 Å². The van der Waals surface area contributed by atoms with Gasteiger partial charge in [-0.25, -0.2) is 4.39 Å². The van der Waals surface area contributed by atoms with E-state index in [1.807, 2.05) is 24.3 Å². The van der Waals surface area contributed by atoms with E-state index in [1.54, 1.807) is 12.1 Å². The van der Waals surface area contributed by atoms with Crippen molar-refractivity contribution < 1.29 is 4.39 Å². The fourth-order valence-electron chi connectivity index (χ4n) is 1.47. The minimum absolute atomic E-state index is 0.207. The van der Waals surface area contributed by atoms with Crippen LogP contribution in [0.15, 0.2) is 42.5 Å². The number of rotatable bonds is 3. The van der Waals surface area contributed by atoms with E-state index in [0.717, 1.165) is 9.26 Å². The van der Waals surface area contributed by atoms with Crippen LogP contribution in [0.3, 0.4) is 0 Å². The van der Waals surface area contributed by atoms with Crippen molar-refractivity contribution in [2.75, 3.05) is 5.32 Å². The van der Waals surface area contributed by atoms with E-state index >= 15 is 0 Å². The van der Waals surface area contributed by atoms with Crippen LogP contribution in [0.1, 0.15) is 5.56 Å². The van der Waals surface area contributed by atoms with E-state index in [2.05, 4.69) is 27.9 Å². The van der Waals surface area contributed by atoms with Gasteiger partial charge in [-0.1, -0.05) is 29.8 Å². The largest absolute Gasteiger partial charge is 0.380 e. The number of nitrogens with one attached hydrogen (secondary N) is 1. The quantitative estimate of drug-likeness (QED) is 0.782. The Morgan fingerprint density at radius 1 is 1.18 bits per heavy atom. The molecule has 0 saturated heterocycles. The zero-order valence-electron chi connectivity index (χ0n) is 8.88. The monoisotopic (exact) mass is 361 g/mol. The Balaban J connectivity index is 2.12. The van der Waals surface area contributed by atoms with Gasteiger partial charge in [0.25, 0.3) is 0 Å². The van der Waals surface area contributed by atoms with Gasteiger partial charge < -0.3 is 5.32 Å². The molecule has 0 amide bonds. The van der Waals surface area contributed by atoms with Crippen molar-refractivity contribution >= 4 is 39.9 Å². The zero-order valence-corrected chi connectivity index (χ0v) is 11.8. The molecule has 0 aromatic heterocycles. The van der Waals surface area contributed by atoms with Crippen LogP contribution in [-0.2, 0) is 6.54 Å². The van der Waals surface area contributed by atoms with E-state index in [1.165, 1.54) is 6.07 Å². The lowest BCUT2D eigenvalue weighted by molar-refractivity contribution is 0.613. The topological polar surface area (TPSA) is 12.0 Å². The molecule has 0 fully saturated rings. The summed E-state index contributed by atoms with van der Waals surface area (Å²) in [6.45, 7) is 0.423. The second-order valence-electron chi connectivity index (χ2n) is 3.57. The number of anilines is 1. The molecule has 0 radical (unpaired) electrons. The standard InChI is InChI=1S/C13H10ClFIN/c14-11-6-5-10(16)7-13(11)17-8-9-3-1-2-4-12(9)15/h1-7,17H,8H2. The maximum atomic E-state index is 13.4. The molecule has 0 unspecified atom stereocenters. The highest BCUT2D eigenvalue weighted by Gasteiger charge is 2.03. The summed E-state index contributed by atoms with van der Waals surface area (Å²) in [5.41, 5.74) is 1.45. The fourth-order valence-corrected chi connectivity index (χ4v) is 2.14. The smallest absolute Gasteiger partial charge is 0.128 e. The van der Waals surface area contributed by atoms with Crippen LogP contribution in [0, 0.1) is 9.39 Å². The fraction of sp³-hybridized carbons (Fsp3) is 0.0769. The van der Waals surface area contributed by atoms with Gasteiger partial charge in [0.2, 0.25) is 0 Å². The van der Waals surface area contributed by atoms with Crippen molar-refractivity contribution in [2.45, 2.75) is 6.54 Å². The predicted octanol–water partition coefficient (Wildman–Crippen LogP) is 4.70. The van der Waals surface area contributed by atoms with Crippen LogP contribution in [-0.4, -0.2) is 0 Å². The molecule has 0 saturated carbocycles. The molecule has 0 aliphatic carbocycles. The van der Waals surface area contributed by atoms with Gasteiger partial charge in [-0.3, -0.25) is 0 Å². The molecular weight excluding hydrogens is 352 g/mol. The molecule has 0 atom stereocenters. The molecule has 0 bridgehead atoms. The molecular formula is C13H10ClFIN. The van der Waals surface area contributed by atoms with Gasteiger partial charge in [-0.05, 0) is 46.9 Å². The van der Waals surface area contributed by atoms with E-state index in [0.29, 0.717) is 17.1 Å². The second-order valence-corrected chi connectivity index (χ2v) is 5.22. The van der Waals surface area contributed by atoms with E-state index in [9.17, 15) is 4.39 Å². The first-order valence-electron chi connectivity index (χ1n) is 5.09. The lowest BCUT2D eigenvalue weighted by Gasteiger charge is -2.09. The van der Waals surface area contributed by atoms with Crippen molar-refractivity contribution in [3.8, 4) is 0 Å². The highest BCUT2D eigenvalue weighted by Crippen LogP contribution is 2.24. The van der Waals surface area contributed by atoms with Gasteiger partial charge in [0.1, 0.15) is 5.82 Å². The zero-order chi connectivity index (χ0) is 12.3. The summed E-state index contributed by atoms with van der Waals surface area (Å²) in [5, 5.41) is 3.77. The van der Waals surface area contributed by atoms with Crippen molar-refractivity contribution in [3.63, 3.8) is 0 Å². The van der Waals surface area contributed by atoms with Crippen LogP contribution >= 0.6 is 34.2 Å². The van der Waals surface area contributed by atoms with Gasteiger partial charge in [-0.15, -0.1) is 0 Å². The minimum Gasteiger partial charge on any atom is -0.380 e. The van der Waals surface area contributed by atoms with Crippen LogP contribution in [0.5, 0.6) is 0 Å². The van der Waals surface area contributed by atoms with Crippen LogP contribution in [0.25, 0.3) is 0 Å². The lowest BCUT2D eigenvalue weighted by atomic mass is 10.2. The summed E-state index contributed by atoms with van der Waals surface area (Å²) >= 11 is 8.25. The van der Waals surface area contributed by atoms with Crippen molar-refractivity contribution in [1.29, 1.82) is 0 Å². The first-order valence-corrected chi connectivity index (χ1v) is 6.55. The van der Waals surface area contributed by atoms with Crippen molar-refractivity contribution in [3.05, 3.63) is 62.4 Å². The molecule has 1 nitrogen and oxygen atoms in total. The molecule has 2 aromatic carbocycles. The van der Waals surface area contributed by atoms with Crippen LogP contribution in [0.4, 0.5) is 10.1 Å². The van der Waals surface area contributed by atoms with Gasteiger partial charge in [0, 0.05) is 15.7 Å². The first kappa shape index (κ1) is 12.6. The summed E-state index contributed by atoms with van der Waals surface area (Å²) in [5.74, 6) is -0.207. The van der Waals surface area contributed by atoms with Gasteiger partial charge in [0.05, 0.1) is 10.7 Å². The molecule has 4 heteroatoms. The van der Waals surface area contributed by atoms with Gasteiger partial charge >= 0.3 is 0 Å². The third-order valence-electron chi connectivity index (χ3n) is 2.36. The third-order valence-corrected chi connectivity index (χ3v) is 3.36. The normalized spacial score (nSPS) is 10.3. The highest BCUT2D eigenvalue weighted by molar-refractivity contribution is 14.1. The number of hydrogen-bond donors (Lipinski definition) is 1. The Bertz CT molecular complexity index is 531. The summed E-state index contributed by atoms with van der Waals surface area (Å²) in [6, 6.07) is 12.4. The molecule has 0 aliphatic heterocycles. The Morgan fingerprint density at radius 3 is 2.71 bits per heavy atom. The maximum Gasteiger partial charge on any atom is 0.128 e. The van der Waals surface area contributed by atoms with Crippen molar-refractivity contribution in [1.82, 2.24) is 0 Å². The average Bonchev–Trinajstić information content (AvgIpc) is 2.32. The maximum absolute atomic E-state index is 13.4. The third kappa shape index (κ3) is 3.33. The second kappa shape index (κ2) is 5.69. The van der Waals surface area contributed by atoms with E-state index in [4.69, 9.17) is 11.6 Å². The Kier molecular flexibility index (Phi) is 4.23. The molecule has 0 spiro atoms. The molecule has 2 rings (SSSR count). The van der Waals surface area contributed by atoms with Crippen LogP contribution in [0.2, 0.25) is 5.02 Å². The highest BCUT2D eigenvalue weighted by atomic mass is 127. The van der Waals surface area contributed by atoms with Crippen LogP contribution < -0.4 is 5.32 Å². The minimum atomic E-state index is -0.207. The molecule has 0 heterocycles. The molecule has 88 valence electrons. The summed E-state index contributed by atoms with van der Waals surface area (Å²) < 4.78 is 14.5. The summed E-state index contributed by atoms with van der Waals surface area (Å²) in [4.78, 5) is 0.